The van der Waals surface area contributed by atoms with E-state index < -0.39 is 0 Å². The van der Waals surface area contributed by atoms with E-state index in [4.69, 9.17) is 15.0 Å². The molecule has 1 aromatic heterocycles. The number of ether oxygens (including phenoxy) is 1. The van der Waals surface area contributed by atoms with Gasteiger partial charge in [-0.15, -0.1) is 0 Å². The molecule has 1 unspecified atom stereocenters. The highest BCUT2D eigenvalue weighted by atomic mass is 32.2. The zero-order chi connectivity index (χ0) is 14.5. The SMILES string of the molecule is COc1cc(C)ccc1-c1noc(C(N)CCSC)n1. The number of methoxy groups -OCH3 is 1. The molecule has 2 aromatic rings. The second-order valence-electron chi connectivity index (χ2n) is 4.55. The molecule has 2 rings (SSSR count). The number of thioether (sulfide) groups is 1. The van der Waals surface area contributed by atoms with E-state index in [0.717, 1.165) is 29.1 Å². The van der Waals surface area contributed by atoms with Gasteiger partial charge in [0.15, 0.2) is 0 Å². The Morgan fingerprint density at radius 1 is 1.45 bits per heavy atom. The van der Waals surface area contributed by atoms with Crippen molar-refractivity contribution in [3.8, 4) is 17.1 Å². The van der Waals surface area contributed by atoms with Gasteiger partial charge in [-0.1, -0.05) is 11.2 Å². The van der Waals surface area contributed by atoms with Crippen LogP contribution in [-0.4, -0.2) is 29.3 Å². The molecule has 0 spiro atoms. The van der Waals surface area contributed by atoms with Crippen LogP contribution >= 0.6 is 11.8 Å². The summed E-state index contributed by atoms with van der Waals surface area (Å²) in [6.07, 6.45) is 2.86. The monoisotopic (exact) mass is 293 g/mol. The lowest BCUT2D eigenvalue weighted by Crippen LogP contribution is -2.11. The summed E-state index contributed by atoms with van der Waals surface area (Å²) in [6, 6.07) is 5.64. The Balaban J connectivity index is 2.24. The summed E-state index contributed by atoms with van der Waals surface area (Å²) >= 11 is 1.75. The fourth-order valence-corrected chi connectivity index (χ4v) is 2.34. The van der Waals surface area contributed by atoms with Crippen LogP contribution in [0.4, 0.5) is 0 Å². The van der Waals surface area contributed by atoms with Gasteiger partial charge in [0.25, 0.3) is 0 Å². The van der Waals surface area contributed by atoms with Crippen LogP contribution in [0.5, 0.6) is 5.75 Å². The Morgan fingerprint density at radius 2 is 2.25 bits per heavy atom. The van der Waals surface area contributed by atoms with Crippen molar-refractivity contribution >= 4 is 11.8 Å². The number of hydrogen-bond donors (Lipinski definition) is 1. The van der Waals surface area contributed by atoms with Crippen LogP contribution in [0.2, 0.25) is 0 Å². The Hall–Kier alpha value is -1.53. The number of benzene rings is 1. The van der Waals surface area contributed by atoms with Gasteiger partial charge in [0.05, 0.1) is 18.7 Å². The summed E-state index contributed by atoms with van der Waals surface area (Å²) in [4.78, 5) is 4.38. The van der Waals surface area contributed by atoms with Crippen LogP contribution in [0.15, 0.2) is 22.7 Å². The largest absolute Gasteiger partial charge is 0.496 e. The molecule has 0 radical (unpaired) electrons. The number of aromatic nitrogens is 2. The second-order valence-corrected chi connectivity index (χ2v) is 5.53. The van der Waals surface area contributed by atoms with Crippen LogP contribution in [0.1, 0.15) is 23.9 Å². The molecule has 0 saturated carbocycles. The maximum atomic E-state index is 6.03. The molecule has 2 N–H and O–H groups in total. The van der Waals surface area contributed by atoms with E-state index in [1.165, 1.54) is 0 Å². The highest BCUT2D eigenvalue weighted by Crippen LogP contribution is 2.29. The topological polar surface area (TPSA) is 74.2 Å². The smallest absolute Gasteiger partial charge is 0.243 e. The van der Waals surface area contributed by atoms with Crippen molar-refractivity contribution in [2.75, 3.05) is 19.1 Å². The Bertz CT molecular complexity index is 571. The van der Waals surface area contributed by atoms with E-state index in [0.29, 0.717) is 11.7 Å². The van der Waals surface area contributed by atoms with Gasteiger partial charge in [-0.3, -0.25) is 0 Å². The molecule has 108 valence electrons. The first-order valence-electron chi connectivity index (χ1n) is 6.39. The summed E-state index contributed by atoms with van der Waals surface area (Å²) in [6.45, 7) is 2.01. The third-order valence-electron chi connectivity index (χ3n) is 2.99. The van der Waals surface area contributed by atoms with Crippen molar-refractivity contribution in [3.63, 3.8) is 0 Å². The van der Waals surface area contributed by atoms with Gasteiger partial charge < -0.3 is 15.0 Å². The first-order chi connectivity index (χ1) is 9.65. The van der Waals surface area contributed by atoms with Crippen LogP contribution < -0.4 is 10.5 Å². The minimum Gasteiger partial charge on any atom is -0.496 e. The van der Waals surface area contributed by atoms with Crippen molar-refractivity contribution < 1.29 is 9.26 Å². The molecular weight excluding hydrogens is 274 g/mol. The van der Waals surface area contributed by atoms with E-state index in [9.17, 15) is 0 Å². The van der Waals surface area contributed by atoms with E-state index in [2.05, 4.69) is 10.1 Å². The van der Waals surface area contributed by atoms with Crippen LogP contribution in [0.25, 0.3) is 11.4 Å². The molecule has 1 heterocycles. The van der Waals surface area contributed by atoms with E-state index in [1.807, 2.05) is 31.4 Å². The third kappa shape index (κ3) is 3.32. The number of nitrogens with two attached hydrogens (primary N) is 1. The van der Waals surface area contributed by atoms with Crippen molar-refractivity contribution in [2.24, 2.45) is 5.73 Å². The van der Waals surface area contributed by atoms with Crippen LogP contribution in [0.3, 0.4) is 0 Å². The molecule has 5 nitrogen and oxygen atoms in total. The fraction of sp³-hybridized carbons (Fsp3) is 0.429. The summed E-state index contributed by atoms with van der Waals surface area (Å²) in [5.74, 6) is 2.68. The van der Waals surface area contributed by atoms with E-state index in [1.54, 1.807) is 18.9 Å². The molecule has 20 heavy (non-hydrogen) atoms. The molecule has 1 atom stereocenters. The van der Waals surface area contributed by atoms with Crippen molar-refractivity contribution in [2.45, 2.75) is 19.4 Å². The fourth-order valence-electron chi connectivity index (χ4n) is 1.85. The highest BCUT2D eigenvalue weighted by Gasteiger charge is 2.17. The zero-order valence-electron chi connectivity index (χ0n) is 11.9. The van der Waals surface area contributed by atoms with Crippen molar-refractivity contribution in [1.29, 1.82) is 0 Å². The average Bonchev–Trinajstić information content (AvgIpc) is 2.94. The Morgan fingerprint density at radius 3 is 2.95 bits per heavy atom. The number of rotatable bonds is 6. The number of hydrogen-bond acceptors (Lipinski definition) is 6. The molecular formula is C14H19N3O2S. The quantitative estimate of drug-likeness (QED) is 0.882. The molecule has 0 fully saturated rings. The molecule has 0 saturated heterocycles. The maximum Gasteiger partial charge on any atom is 0.243 e. The first kappa shape index (κ1) is 14.9. The molecule has 1 aromatic carbocycles. The van der Waals surface area contributed by atoms with Crippen molar-refractivity contribution in [3.05, 3.63) is 29.7 Å². The lowest BCUT2D eigenvalue weighted by molar-refractivity contribution is 0.352. The molecule has 0 aliphatic rings. The second kappa shape index (κ2) is 6.76. The zero-order valence-corrected chi connectivity index (χ0v) is 12.7. The van der Waals surface area contributed by atoms with Gasteiger partial charge in [0.2, 0.25) is 11.7 Å². The van der Waals surface area contributed by atoms with E-state index in [-0.39, 0.29) is 6.04 Å². The minimum atomic E-state index is -0.222. The Labute approximate surface area is 122 Å². The number of aryl methyl sites for hydroxylation is 1. The average molecular weight is 293 g/mol. The van der Waals surface area contributed by atoms with Crippen LogP contribution in [-0.2, 0) is 0 Å². The summed E-state index contributed by atoms with van der Waals surface area (Å²) < 4.78 is 10.6. The lowest BCUT2D eigenvalue weighted by Gasteiger charge is -2.06. The van der Waals surface area contributed by atoms with Gasteiger partial charge >= 0.3 is 0 Å². The van der Waals surface area contributed by atoms with Gasteiger partial charge in [0.1, 0.15) is 5.75 Å². The molecule has 0 bridgehead atoms. The highest BCUT2D eigenvalue weighted by molar-refractivity contribution is 7.98. The van der Waals surface area contributed by atoms with Gasteiger partial charge in [-0.2, -0.15) is 16.7 Å². The van der Waals surface area contributed by atoms with Crippen molar-refractivity contribution in [1.82, 2.24) is 10.1 Å². The minimum absolute atomic E-state index is 0.222. The molecule has 0 aliphatic heterocycles. The number of nitrogens with zero attached hydrogens (tertiary/aromatic N) is 2. The predicted octanol–water partition coefficient (Wildman–Crippen LogP) is 2.81. The third-order valence-corrected chi connectivity index (χ3v) is 3.63. The molecule has 0 amide bonds. The summed E-state index contributed by atoms with van der Waals surface area (Å²) in [7, 11) is 1.63. The summed E-state index contributed by atoms with van der Waals surface area (Å²) in [5.41, 5.74) is 7.95. The predicted molar refractivity (Wildman–Crippen MR) is 81.0 cm³/mol. The van der Waals surface area contributed by atoms with Crippen LogP contribution in [0, 0.1) is 6.92 Å². The molecule has 6 heteroatoms. The Kier molecular flexibility index (Phi) is 5.03. The lowest BCUT2D eigenvalue weighted by atomic mass is 10.1. The van der Waals surface area contributed by atoms with Gasteiger partial charge in [-0.05, 0) is 43.0 Å². The van der Waals surface area contributed by atoms with Gasteiger partial charge in [0, 0.05) is 0 Å². The maximum absolute atomic E-state index is 6.03. The normalized spacial score (nSPS) is 12.4. The van der Waals surface area contributed by atoms with E-state index >= 15 is 0 Å². The first-order valence-corrected chi connectivity index (χ1v) is 7.78. The van der Waals surface area contributed by atoms with Gasteiger partial charge in [-0.25, -0.2) is 0 Å². The molecule has 0 aliphatic carbocycles. The summed E-state index contributed by atoms with van der Waals surface area (Å²) in [5, 5.41) is 4.00. The standard InChI is InChI=1S/C14H19N3O2S/c1-9-4-5-10(12(8-9)18-2)13-16-14(19-17-13)11(15)6-7-20-3/h4-5,8,11H,6-7,15H2,1-3H3.